The fourth-order valence-corrected chi connectivity index (χ4v) is 3.21. The number of aldehydes is 1. The first-order chi connectivity index (χ1) is 17.4. The largest absolute Gasteiger partial charge is 0.508 e. The number of fused-ring (bicyclic) bond motifs is 1. The number of carbonyl (C=O) groups excluding carboxylic acids is 2. The van der Waals surface area contributed by atoms with Crippen LogP contribution in [0.4, 0.5) is 0 Å². The summed E-state index contributed by atoms with van der Waals surface area (Å²) in [4.78, 5) is 35.7. The quantitative estimate of drug-likeness (QED) is 0.0890. The molecule has 0 amide bonds. The van der Waals surface area contributed by atoms with Crippen LogP contribution in [0.5, 0.6) is 28.7 Å². The Labute approximate surface area is 206 Å². The summed E-state index contributed by atoms with van der Waals surface area (Å²) in [5, 5.41) is 77.1. The SMILES string of the molecule is O=C[C@H](O)[C@@H](O)[C@H](O)[C@H](O)COC(=O)COc1c(-c2ccc(O)c(O)c2)oc2cc(O)cc(O)c2c1=O. The number of phenolic OH excluding ortho intramolecular Hbond substituents is 4. The van der Waals surface area contributed by atoms with Crippen molar-refractivity contribution >= 4 is 23.2 Å². The summed E-state index contributed by atoms with van der Waals surface area (Å²) in [6.45, 7) is -1.86. The number of benzene rings is 2. The number of rotatable bonds is 10. The predicted molar refractivity (Wildman–Crippen MR) is 121 cm³/mol. The van der Waals surface area contributed by atoms with Crippen LogP contribution in [-0.2, 0) is 14.3 Å². The van der Waals surface area contributed by atoms with E-state index in [1.807, 2.05) is 0 Å². The van der Waals surface area contributed by atoms with Crippen LogP contribution < -0.4 is 10.2 Å². The maximum absolute atomic E-state index is 13.1. The number of carbonyl (C=O) groups is 2. The molecule has 2 aromatic carbocycles. The second kappa shape index (κ2) is 11.1. The van der Waals surface area contributed by atoms with E-state index in [2.05, 4.69) is 0 Å². The van der Waals surface area contributed by atoms with E-state index in [9.17, 15) is 55.2 Å². The fraction of sp³-hybridized carbons (Fsp3) is 0.261. The number of hydrogen-bond donors (Lipinski definition) is 8. The number of aliphatic hydroxyl groups excluding tert-OH is 4. The smallest absolute Gasteiger partial charge is 0.344 e. The van der Waals surface area contributed by atoms with Crippen molar-refractivity contribution in [2.75, 3.05) is 13.2 Å². The minimum absolute atomic E-state index is 0.00164. The Morgan fingerprint density at radius 3 is 2.30 bits per heavy atom. The standard InChI is InChI=1S/C23H22O14/c24-6-14(29)19(32)20(33)15(30)7-35-17(31)8-36-23-21(34)18-13(28)4-10(25)5-16(18)37-22(23)9-1-2-11(26)12(27)3-9/h1-6,14-15,19-20,25-30,32-33H,7-8H2/t14-,15+,19+,20+/m0/s1. The van der Waals surface area contributed by atoms with Crippen molar-refractivity contribution in [3.63, 3.8) is 0 Å². The second-order valence-electron chi connectivity index (χ2n) is 7.78. The van der Waals surface area contributed by atoms with E-state index in [0.29, 0.717) is 0 Å². The van der Waals surface area contributed by atoms with Crippen molar-refractivity contribution < 1.29 is 64.3 Å². The topological polar surface area (TPSA) is 245 Å². The summed E-state index contributed by atoms with van der Waals surface area (Å²) in [6, 6.07) is 5.23. The van der Waals surface area contributed by atoms with Gasteiger partial charge >= 0.3 is 5.97 Å². The summed E-state index contributed by atoms with van der Waals surface area (Å²) in [6.07, 6.45) is -8.07. The highest BCUT2D eigenvalue weighted by Gasteiger charge is 2.31. The van der Waals surface area contributed by atoms with Gasteiger partial charge in [0.1, 0.15) is 53.5 Å². The summed E-state index contributed by atoms with van der Waals surface area (Å²) >= 11 is 0. The molecule has 8 N–H and O–H groups in total. The molecule has 0 saturated heterocycles. The molecule has 14 nitrogen and oxygen atoms in total. The molecule has 14 heteroatoms. The molecule has 0 unspecified atom stereocenters. The van der Waals surface area contributed by atoms with Crippen LogP contribution in [-0.4, -0.2) is 90.7 Å². The molecule has 198 valence electrons. The monoisotopic (exact) mass is 522 g/mol. The first kappa shape index (κ1) is 27.2. The van der Waals surface area contributed by atoms with Gasteiger partial charge in [-0.2, -0.15) is 0 Å². The molecule has 0 aliphatic heterocycles. The van der Waals surface area contributed by atoms with E-state index in [-0.39, 0.29) is 23.2 Å². The molecule has 3 aromatic rings. The Morgan fingerprint density at radius 1 is 0.946 bits per heavy atom. The number of aliphatic hydroxyl groups is 4. The van der Waals surface area contributed by atoms with Crippen LogP contribution in [0.15, 0.2) is 39.5 Å². The highest BCUT2D eigenvalue weighted by Crippen LogP contribution is 2.38. The minimum Gasteiger partial charge on any atom is -0.508 e. The molecule has 0 bridgehead atoms. The Hall–Kier alpha value is -4.37. The molecule has 1 aromatic heterocycles. The lowest BCUT2D eigenvalue weighted by molar-refractivity contribution is -0.158. The molecule has 0 fully saturated rings. The maximum Gasteiger partial charge on any atom is 0.344 e. The Morgan fingerprint density at radius 2 is 1.65 bits per heavy atom. The predicted octanol–water partition coefficient (Wildman–Crippen LogP) is -1.15. The molecule has 0 radical (unpaired) electrons. The second-order valence-corrected chi connectivity index (χ2v) is 7.78. The van der Waals surface area contributed by atoms with E-state index in [4.69, 9.17) is 13.9 Å². The average Bonchev–Trinajstić information content (AvgIpc) is 2.86. The lowest BCUT2D eigenvalue weighted by atomic mass is 10.0. The van der Waals surface area contributed by atoms with Crippen LogP contribution in [0, 0.1) is 0 Å². The molecule has 0 aliphatic rings. The van der Waals surface area contributed by atoms with Gasteiger partial charge in [-0.05, 0) is 18.2 Å². The number of phenols is 4. The van der Waals surface area contributed by atoms with E-state index in [1.165, 1.54) is 6.07 Å². The van der Waals surface area contributed by atoms with Crippen molar-refractivity contribution in [1.29, 1.82) is 0 Å². The van der Waals surface area contributed by atoms with Gasteiger partial charge in [-0.3, -0.25) is 4.79 Å². The van der Waals surface area contributed by atoms with Gasteiger partial charge < -0.3 is 59.5 Å². The lowest BCUT2D eigenvalue weighted by Crippen LogP contribution is -2.47. The summed E-state index contributed by atoms with van der Waals surface area (Å²) in [5.41, 5.74) is -1.24. The van der Waals surface area contributed by atoms with E-state index in [0.717, 1.165) is 24.3 Å². The molecule has 0 saturated carbocycles. The zero-order valence-corrected chi connectivity index (χ0v) is 18.7. The maximum atomic E-state index is 13.1. The molecular formula is C23H22O14. The number of esters is 1. The Bertz CT molecular complexity index is 1360. The molecule has 0 aliphatic carbocycles. The van der Waals surface area contributed by atoms with Crippen molar-refractivity contribution in [3.05, 3.63) is 40.6 Å². The van der Waals surface area contributed by atoms with Crippen LogP contribution >= 0.6 is 0 Å². The zero-order chi connectivity index (χ0) is 27.4. The first-order valence-electron chi connectivity index (χ1n) is 10.5. The molecule has 1 heterocycles. The third-order valence-corrected chi connectivity index (χ3v) is 5.14. The molecule has 0 spiro atoms. The Balaban J connectivity index is 1.86. The van der Waals surface area contributed by atoms with Crippen LogP contribution in [0.1, 0.15) is 0 Å². The summed E-state index contributed by atoms with van der Waals surface area (Å²) < 4.78 is 15.6. The highest BCUT2D eigenvalue weighted by atomic mass is 16.6. The van der Waals surface area contributed by atoms with Crippen LogP contribution in [0.25, 0.3) is 22.3 Å². The van der Waals surface area contributed by atoms with Crippen molar-refractivity contribution in [1.82, 2.24) is 0 Å². The van der Waals surface area contributed by atoms with Gasteiger partial charge in [-0.15, -0.1) is 0 Å². The molecule has 4 atom stereocenters. The highest BCUT2D eigenvalue weighted by molar-refractivity contribution is 5.88. The van der Waals surface area contributed by atoms with Crippen molar-refractivity contribution in [2.24, 2.45) is 0 Å². The Kier molecular flexibility index (Phi) is 8.19. The van der Waals surface area contributed by atoms with Crippen LogP contribution in [0.2, 0.25) is 0 Å². The normalized spacial score (nSPS) is 14.5. The van der Waals surface area contributed by atoms with E-state index >= 15 is 0 Å². The summed E-state index contributed by atoms with van der Waals surface area (Å²) in [7, 11) is 0. The third-order valence-electron chi connectivity index (χ3n) is 5.14. The van der Waals surface area contributed by atoms with Crippen molar-refractivity contribution in [2.45, 2.75) is 24.4 Å². The van der Waals surface area contributed by atoms with Gasteiger partial charge in [-0.25, -0.2) is 4.79 Å². The van der Waals surface area contributed by atoms with Gasteiger partial charge in [0.25, 0.3) is 0 Å². The number of aromatic hydroxyl groups is 4. The van der Waals surface area contributed by atoms with E-state index < -0.39 is 83.2 Å². The van der Waals surface area contributed by atoms with Gasteiger partial charge in [-0.1, -0.05) is 0 Å². The van der Waals surface area contributed by atoms with Gasteiger partial charge in [0, 0.05) is 17.7 Å². The van der Waals surface area contributed by atoms with Crippen molar-refractivity contribution in [3.8, 4) is 40.1 Å². The average molecular weight is 522 g/mol. The van der Waals surface area contributed by atoms with Gasteiger partial charge in [0.15, 0.2) is 30.2 Å². The third kappa shape index (κ3) is 5.90. The lowest BCUT2D eigenvalue weighted by Gasteiger charge is -2.23. The van der Waals surface area contributed by atoms with E-state index in [1.54, 1.807) is 0 Å². The zero-order valence-electron chi connectivity index (χ0n) is 18.7. The molecule has 37 heavy (non-hydrogen) atoms. The summed E-state index contributed by atoms with van der Waals surface area (Å²) in [5.74, 6) is -4.32. The fourth-order valence-electron chi connectivity index (χ4n) is 3.21. The molecule has 3 rings (SSSR count). The first-order valence-corrected chi connectivity index (χ1v) is 10.5. The number of hydrogen-bond acceptors (Lipinski definition) is 14. The van der Waals surface area contributed by atoms with Crippen LogP contribution in [0.3, 0.4) is 0 Å². The molecular weight excluding hydrogens is 500 g/mol. The minimum atomic E-state index is -2.05. The van der Waals surface area contributed by atoms with Gasteiger partial charge in [0.2, 0.25) is 11.2 Å². The van der Waals surface area contributed by atoms with Gasteiger partial charge in [0.05, 0.1) is 0 Å². The number of ether oxygens (including phenoxy) is 2.